The van der Waals surface area contributed by atoms with Gasteiger partial charge < -0.3 is 5.32 Å². The lowest BCUT2D eigenvalue weighted by Gasteiger charge is -2.06. The van der Waals surface area contributed by atoms with Crippen molar-refractivity contribution in [3.05, 3.63) is 20.8 Å². The van der Waals surface area contributed by atoms with Gasteiger partial charge in [0.2, 0.25) is 5.96 Å². The van der Waals surface area contributed by atoms with Gasteiger partial charge in [0.15, 0.2) is 0 Å². The Kier molecular flexibility index (Phi) is 4.20. The van der Waals surface area contributed by atoms with E-state index in [1.807, 2.05) is 0 Å². The topological polar surface area (TPSA) is 62.4 Å². The third kappa shape index (κ3) is 3.77. The minimum absolute atomic E-state index is 0.575. The summed E-state index contributed by atoms with van der Waals surface area (Å²) >= 11 is 5.19. The summed E-state index contributed by atoms with van der Waals surface area (Å²) < 4.78 is 1.17. The second kappa shape index (κ2) is 5.65. The van der Waals surface area contributed by atoms with Crippen molar-refractivity contribution in [3.63, 3.8) is 0 Å². The van der Waals surface area contributed by atoms with E-state index in [2.05, 4.69) is 43.8 Å². The van der Waals surface area contributed by atoms with Gasteiger partial charge in [-0.05, 0) is 40.9 Å². The number of nitrogens with one attached hydrogen (secondary N) is 2. The maximum absolute atomic E-state index is 5.38. The van der Waals surface area contributed by atoms with Gasteiger partial charge in [-0.25, -0.2) is 5.84 Å². The molecule has 0 spiro atoms. The number of hydrazine groups is 1. The first kappa shape index (κ1) is 11.9. The molecule has 88 valence electrons. The Balaban J connectivity index is 1.77. The van der Waals surface area contributed by atoms with Gasteiger partial charge >= 0.3 is 0 Å². The van der Waals surface area contributed by atoms with E-state index in [4.69, 9.17) is 5.84 Å². The second-order valence-electron chi connectivity index (χ2n) is 3.75. The molecule has 1 fully saturated rings. The van der Waals surface area contributed by atoms with E-state index in [1.54, 1.807) is 11.3 Å². The van der Waals surface area contributed by atoms with Crippen LogP contribution in [0, 0.1) is 0 Å². The molecular formula is C10H15BrN4S. The Morgan fingerprint density at radius 2 is 2.38 bits per heavy atom. The molecule has 0 saturated heterocycles. The third-order valence-corrected chi connectivity index (χ3v) is 4.00. The molecule has 1 aliphatic carbocycles. The Bertz CT molecular complexity index is 373. The maximum atomic E-state index is 5.38. The van der Waals surface area contributed by atoms with Crippen LogP contribution in [0.2, 0.25) is 0 Å². The van der Waals surface area contributed by atoms with Gasteiger partial charge in [-0.15, -0.1) is 11.3 Å². The van der Waals surface area contributed by atoms with E-state index >= 15 is 0 Å². The fourth-order valence-corrected chi connectivity index (χ4v) is 2.79. The number of hydrogen-bond acceptors (Lipinski definition) is 3. The number of nitrogens with two attached hydrogens (primary N) is 1. The predicted molar refractivity (Wildman–Crippen MR) is 71.5 cm³/mol. The summed E-state index contributed by atoms with van der Waals surface area (Å²) in [6, 6.07) is 4.76. The van der Waals surface area contributed by atoms with Gasteiger partial charge in [0.05, 0.1) is 3.79 Å². The van der Waals surface area contributed by atoms with E-state index in [1.165, 1.54) is 21.5 Å². The molecule has 1 heterocycles. The number of aliphatic imine (C=N–C) groups is 1. The Hall–Kier alpha value is -0.590. The van der Waals surface area contributed by atoms with Crippen LogP contribution >= 0.6 is 27.3 Å². The van der Waals surface area contributed by atoms with Gasteiger partial charge in [-0.2, -0.15) is 0 Å². The molecule has 1 aromatic heterocycles. The summed E-state index contributed by atoms with van der Waals surface area (Å²) in [7, 11) is 0. The van der Waals surface area contributed by atoms with Gasteiger partial charge in [0, 0.05) is 23.9 Å². The first-order valence-corrected chi connectivity index (χ1v) is 6.90. The summed E-state index contributed by atoms with van der Waals surface area (Å²) in [5.74, 6) is 6.09. The predicted octanol–water partition coefficient (Wildman–Crippen LogP) is 1.62. The zero-order valence-corrected chi connectivity index (χ0v) is 11.3. The van der Waals surface area contributed by atoms with Crippen molar-refractivity contribution in [1.29, 1.82) is 0 Å². The fraction of sp³-hybridized carbons (Fsp3) is 0.500. The molecule has 0 radical (unpaired) electrons. The highest BCUT2D eigenvalue weighted by atomic mass is 79.9. The molecule has 0 aliphatic heterocycles. The lowest BCUT2D eigenvalue weighted by molar-refractivity contribution is 0.818. The van der Waals surface area contributed by atoms with Crippen molar-refractivity contribution in [2.24, 2.45) is 10.8 Å². The molecule has 1 saturated carbocycles. The SMILES string of the molecule is NNC(=NCCc1ccc(Br)s1)NC1CC1. The van der Waals surface area contributed by atoms with Gasteiger partial charge in [-0.3, -0.25) is 10.4 Å². The minimum Gasteiger partial charge on any atom is -0.353 e. The van der Waals surface area contributed by atoms with E-state index in [9.17, 15) is 0 Å². The summed E-state index contributed by atoms with van der Waals surface area (Å²) in [6.45, 7) is 0.756. The van der Waals surface area contributed by atoms with Crippen LogP contribution in [-0.4, -0.2) is 18.5 Å². The van der Waals surface area contributed by atoms with E-state index in [-0.39, 0.29) is 0 Å². The van der Waals surface area contributed by atoms with Gasteiger partial charge in [0.1, 0.15) is 0 Å². The minimum atomic E-state index is 0.575. The number of halogens is 1. The van der Waals surface area contributed by atoms with Crippen molar-refractivity contribution in [2.75, 3.05) is 6.54 Å². The first-order valence-electron chi connectivity index (χ1n) is 5.30. The molecule has 4 nitrogen and oxygen atoms in total. The third-order valence-electron chi connectivity index (χ3n) is 2.31. The molecule has 4 N–H and O–H groups in total. The normalized spacial score (nSPS) is 16.2. The summed E-state index contributed by atoms with van der Waals surface area (Å²) in [5, 5.41) is 3.24. The van der Waals surface area contributed by atoms with Crippen LogP contribution in [0.5, 0.6) is 0 Å². The van der Waals surface area contributed by atoms with Crippen molar-refractivity contribution in [2.45, 2.75) is 25.3 Å². The van der Waals surface area contributed by atoms with Crippen molar-refractivity contribution >= 4 is 33.2 Å². The highest BCUT2D eigenvalue weighted by molar-refractivity contribution is 9.11. The van der Waals surface area contributed by atoms with Crippen molar-refractivity contribution in [1.82, 2.24) is 10.7 Å². The highest BCUT2D eigenvalue weighted by Crippen LogP contribution is 2.22. The summed E-state index contributed by atoms with van der Waals surface area (Å²) in [5.41, 5.74) is 2.60. The van der Waals surface area contributed by atoms with Crippen LogP contribution < -0.4 is 16.6 Å². The molecule has 0 unspecified atom stereocenters. The highest BCUT2D eigenvalue weighted by Gasteiger charge is 2.21. The monoisotopic (exact) mass is 302 g/mol. The Labute approximate surface area is 107 Å². The number of hydrogen-bond donors (Lipinski definition) is 3. The first-order chi connectivity index (χ1) is 7.78. The van der Waals surface area contributed by atoms with Crippen LogP contribution in [0.3, 0.4) is 0 Å². The Morgan fingerprint density at radius 1 is 1.56 bits per heavy atom. The smallest absolute Gasteiger partial charge is 0.205 e. The van der Waals surface area contributed by atoms with E-state index in [0.717, 1.165) is 13.0 Å². The van der Waals surface area contributed by atoms with Crippen LogP contribution in [0.4, 0.5) is 0 Å². The largest absolute Gasteiger partial charge is 0.353 e. The lowest BCUT2D eigenvalue weighted by atomic mass is 10.3. The quantitative estimate of drug-likeness (QED) is 0.343. The second-order valence-corrected chi connectivity index (χ2v) is 6.30. The molecule has 1 aromatic rings. The average molecular weight is 303 g/mol. The van der Waals surface area contributed by atoms with Crippen molar-refractivity contribution < 1.29 is 0 Å². The molecule has 1 aliphatic rings. The van der Waals surface area contributed by atoms with Crippen LogP contribution in [0.15, 0.2) is 20.9 Å². The fourth-order valence-electron chi connectivity index (χ4n) is 1.32. The lowest BCUT2D eigenvalue weighted by Crippen LogP contribution is -2.42. The van der Waals surface area contributed by atoms with Gasteiger partial charge in [-0.1, -0.05) is 0 Å². The Morgan fingerprint density at radius 3 is 2.94 bits per heavy atom. The summed E-state index contributed by atoms with van der Waals surface area (Å²) in [4.78, 5) is 5.72. The van der Waals surface area contributed by atoms with Crippen LogP contribution in [0.25, 0.3) is 0 Å². The number of guanidine groups is 1. The standard InChI is InChI=1S/C10H15BrN4S/c11-9-4-3-8(16-9)5-6-13-10(15-12)14-7-1-2-7/h3-4,7H,1-2,5-6,12H2,(H2,13,14,15). The number of thiophene rings is 1. The van der Waals surface area contributed by atoms with E-state index < -0.39 is 0 Å². The summed E-state index contributed by atoms with van der Waals surface area (Å²) in [6.07, 6.45) is 3.39. The average Bonchev–Trinajstić information content (AvgIpc) is 3.00. The number of rotatable bonds is 4. The molecule has 0 bridgehead atoms. The molecule has 0 amide bonds. The zero-order valence-electron chi connectivity index (χ0n) is 8.87. The van der Waals surface area contributed by atoms with Crippen LogP contribution in [0.1, 0.15) is 17.7 Å². The van der Waals surface area contributed by atoms with E-state index in [0.29, 0.717) is 12.0 Å². The molecule has 0 atom stereocenters. The molecule has 16 heavy (non-hydrogen) atoms. The van der Waals surface area contributed by atoms with Crippen LogP contribution in [-0.2, 0) is 6.42 Å². The maximum Gasteiger partial charge on any atom is 0.205 e. The van der Waals surface area contributed by atoms with Crippen molar-refractivity contribution in [3.8, 4) is 0 Å². The number of nitrogens with zero attached hydrogens (tertiary/aromatic N) is 1. The molecule has 2 rings (SSSR count). The molecule has 0 aromatic carbocycles. The molecular weight excluding hydrogens is 288 g/mol. The zero-order chi connectivity index (χ0) is 11.4. The van der Waals surface area contributed by atoms with Gasteiger partial charge in [0.25, 0.3) is 0 Å². The molecule has 6 heteroatoms.